The largest absolute Gasteiger partial charge is 0.366 e. The van der Waals surface area contributed by atoms with Crippen molar-refractivity contribution in [3.63, 3.8) is 0 Å². The van der Waals surface area contributed by atoms with Gasteiger partial charge in [-0.05, 0) is 61.7 Å². The lowest BCUT2D eigenvalue weighted by atomic mass is 9.99. The number of anilines is 1. The molecular formula is C18H24N2. The molecule has 1 aliphatic rings. The molecule has 1 N–H and O–H groups in total. The lowest BCUT2D eigenvalue weighted by Crippen LogP contribution is -2.55. The number of fused-ring (bicyclic) bond motifs is 1. The minimum atomic E-state index is 0.534. The van der Waals surface area contributed by atoms with Crippen LogP contribution in [-0.4, -0.2) is 25.2 Å². The molecule has 1 fully saturated rings. The lowest BCUT2D eigenvalue weighted by Gasteiger charge is -2.40. The maximum absolute atomic E-state index is 3.55. The molecular weight excluding hydrogens is 244 g/mol. The molecule has 0 radical (unpaired) electrons. The molecule has 20 heavy (non-hydrogen) atoms. The number of hydrogen-bond acceptors (Lipinski definition) is 2. The third-order valence-electron chi connectivity index (χ3n) is 4.80. The molecule has 2 unspecified atom stereocenters. The Morgan fingerprint density at radius 3 is 2.45 bits per heavy atom. The Kier molecular flexibility index (Phi) is 3.43. The zero-order valence-electron chi connectivity index (χ0n) is 12.9. The van der Waals surface area contributed by atoms with E-state index in [9.17, 15) is 0 Å². The zero-order valence-corrected chi connectivity index (χ0v) is 12.9. The predicted molar refractivity (Wildman–Crippen MR) is 87.7 cm³/mol. The van der Waals surface area contributed by atoms with Crippen LogP contribution in [0.1, 0.15) is 25.0 Å². The van der Waals surface area contributed by atoms with Gasteiger partial charge in [-0.15, -0.1) is 0 Å². The molecule has 1 aliphatic heterocycles. The number of piperazine rings is 1. The summed E-state index contributed by atoms with van der Waals surface area (Å²) in [5.74, 6) is 0. The Morgan fingerprint density at radius 2 is 1.70 bits per heavy atom. The molecule has 0 bridgehead atoms. The fourth-order valence-electron chi connectivity index (χ4n) is 3.23. The molecule has 2 atom stereocenters. The van der Waals surface area contributed by atoms with Crippen LogP contribution in [0.15, 0.2) is 30.3 Å². The summed E-state index contributed by atoms with van der Waals surface area (Å²) in [6.07, 6.45) is 0. The first kappa shape index (κ1) is 13.4. The first-order valence-electron chi connectivity index (χ1n) is 7.58. The summed E-state index contributed by atoms with van der Waals surface area (Å²) >= 11 is 0. The van der Waals surface area contributed by atoms with Gasteiger partial charge in [-0.25, -0.2) is 0 Å². The third-order valence-corrected chi connectivity index (χ3v) is 4.80. The highest BCUT2D eigenvalue weighted by molar-refractivity contribution is 5.91. The van der Waals surface area contributed by atoms with E-state index in [1.54, 1.807) is 0 Å². The maximum atomic E-state index is 3.55. The SMILES string of the molecule is Cc1ccc(C)c2cc(N3CCNC(C)C3C)ccc12. The molecule has 0 aliphatic carbocycles. The predicted octanol–water partition coefficient (Wildman–Crippen LogP) is 3.64. The summed E-state index contributed by atoms with van der Waals surface area (Å²) in [6, 6.07) is 12.4. The number of benzene rings is 2. The lowest BCUT2D eigenvalue weighted by molar-refractivity contribution is 0.404. The van der Waals surface area contributed by atoms with Crippen molar-refractivity contribution >= 4 is 16.5 Å². The number of aryl methyl sites for hydroxylation is 2. The summed E-state index contributed by atoms with van der Waals surface area (Å²) in [5.41, 5.74) is 4.08. The second-order valence-electron chi connectivity index (χ2n) is 6.11. The molecule has 0 amide bonds. The van der Waals surface area contributed by atoms with Gasteiger partial charge in [0.1, 0.15) is 0 Å². The van der Waals surface area contributed by atoms with Crippen molar-refractivity contribution in [1.82, 2.24) is 5.32 Å². The standard InChI is InChI=1S/C18H24N2/c1-12-5-6-13(2)18-11-16(7-8-17(12)18)20-10-9-19-14(3)15(20)4/h5-8,11,14-15,19H,9-10H2,1-4H3. The normalized spacial score (nSPS) is 23.3. The topological polar surface area (TPSA) is 15.3 Å². The Hall–Kier alpha value is -1.54. The van der Waals surface area contributed by atoms with E-state index in [0.717, 1.165) is 13.1 Å². The molecule has 1 heterocycles. The van der Waals surface area contributed by atoms with Crippen LogP contribution < -0.4 is 10.2 Å². The quantitative estimate of drug-likeness (QED) is 0.849. The minimum absolute atomic E-state index is 0.534. The number of rotatable bonds is 1. The Labute approximate surface area is 121 Å². The molecule has 2 aromatic carbocycles. The van der Waals surface area contributed by atoms with Gasteiger partial charge in [0.2, 0.25) is 0 Å². The molecule has 3 rings (SSSR count). The van der Waals surface area contributed by atoms with Crippen LogP contribution in [0.4, 0.5) is 5.69 Å². The molecule has 0 spiro atoms. The van der Waals surface area contributed by atoms with E-state index in [2.05, 4.69) is 68.2 Å². The van der Waals surface area contributed by atoms with Crippen molar-refractivity contribution in [3.8, 4) is 0 Å². The Balaban J connectivity index is 2.07. The van der Waals surface area contributed by atoms with Gasteiger partial charge in [-0.1, -0.05) is 18.2 Å². The minimum Gasteiger partial charge on any atom is -0.366 e. The summed E-state index contributed by atoms with van der Waals surface area (Å²) in [7, 11) is 0. The number of nitrogens with one attached hydrogen (secondary N) is 1. The van der Waals surface area contributed by atoms with Crippen LogP contribution in [-0.2, 0) is 0 Å². The van der Waals surface area contributed by atoms with E-state index in [1.807, 2.05) is 0 Å². The van der Waals surface area contributed by atoms with Crippen molar-refractivity contribution < 1.29 is 0 Å². The summed E-state index contributed by atoms with van der Waals surface area (Å²) in [4.78, 5) is 2.53. The molecule has 2 aromatic rings. The fourth-order valence-corrected chi connectivity index (χ4v) is 3.23. The highest BCUT2D eigenvalue weighted by atomic mass is 15.2. The van der Waals surface area contributed by atoms with Crippen LogP contribution in [0.3, 0.4) is 0 Å². The second-order valence-corrected chi connectivity index (χ2v) is 6.11. The van der Waals surface area contributed by atoms with E-state index < -0.39 is 0 Å². The molecule has 106 valence electrons. The third kappa shape index (κ3) is 2.18. The van der Waals surface area contributed by atoms with Gasteiger partial charge in [0.05, 0.1) is 0 Å². The van der Waals surface area contributed by atoms with Gasteiger partial charge in [0.25, 0.3) is 0 Å². The highest BCUT2D eigenvalue weighted by Gasteiger charge is 2.24. The van der Waals surface area contributed by atoms with E-state index in [4.69, 9.17) is 0 Å². The van der Waals surface area contributed by atoms with E-state index in [1.165, 1.54) is 27.6 Å². The van der Waals surface area contributed by atoms with E-state index in [-0.39, 0.29) is 0 Å². The zero-order chi connectivity index (χ0) is 14.3. The van der Waals surface area contributed by atoms with Crippen LogP contribution in [0.2, 0.25) is 0 Å². The summed E-state index contributed by atoms with van der Waals surface area (Å²) in [6.45, 7) is 11.1. The van der Waals surface area contributed by atoms with Crippen LogP contribution in [0.25, 0.3) is 10.8 Å². The molecule has 2 heteroatoms. The molecule has 0 saturated carbocycles. The van der Waals surface area contributed by atoms with Crippen molar-refractivity contribution in [1.29, 1.82) is 0 Å². The number of hydrogen-bond donors (Lipinski definition) is 1. The smallest absolute Gasteiger partial charge is 0.0412 e. The van der Waals surface area contributed by atoms with Crippen LogP contribution in [0, 0.1) is 13.8 Å². The first-order valence-corrected chi connectivity index (χ1v) is 7.58. The van der Waals surface area contributed by atoms with Gasteiger partial charge < -0.3 is 10.2 Å². The number of nitrogens with zero attached hydrogens (tertiary/aromatic N) is 1. The van der Waals surface area contributed by atoms with Gasteiger partial charge in [-0.2, -0.15) is 0 Å². The van der Waals surface area contributed by atoms with Gasteiger partial charge in [-0.3, -0.25) is 0 Å². The van der Waals surface area contributed by atoms with Crippen molar-refractivity contribution in [2.75, 3.05) is 18.0 Å². The van der Waals surface area contributed by atoms with Crippen LogP contribution >= 0.6 is 0 Å². The molecule has 2 nitrogen and oxygen atoms in total. The van der Waals surface area contributed by atoms with Crippen molar-refractivity contribution in [2.24, 2.45) is 0 Å². The fraction of sp³-hybridized carbons (Fsp3) is 0.444. The summed E-state index contributed by atoms with van der Waals surface area (Å²) in [5, 5.41) is 6.32. The van der Waals surface area contributed by atoms with E-state index >= 15 is 0 Å². The van der Waals surface area contributed by atoms with Crippen molar-refractivity contribution in [3.05, 3.63) is 41.5 Å². The summed E-state index contributed by atoms with van der Waals surface area (Å²) < 4.78 is 0. The average Bonchev–Trinajstić information content (AvgIpc) is 2.46. The van der Waals surface area contributed by atoms with Crippen LogP contribution in [0.5, 0.6) is 0 Å². The monoisotopic (exact) mass is 268 g/mol. The Bertz CT molecular complexity index is 633. The highest BCUT2D eigenvalue weighted by Crippen LogP contribution is 2.29. The van der Waals surface area contributed by atoms with Gasteiger partial charge in [0, 0.05) is 30.9 Å². The second kappa shape index (κ2) is 5.10. The molecule has 0 aromatic heterocycles. The maximum Gasteiger partial charge on any atom is 0.0412 e. The van der Waals surface area contributed by atoms with Crippen molar-refractivity contribution in [2.45, 2.75) is 39.8 Å². The average molecular weight is 268 g/mol. The first-order chi connectivity index (χ1) is 9.58. The van der Waals surface area contributed by atoms with Gasteiger partial charge >= 0.3 is 0 Å². The van der Waals surface area contributed by atoms with Gasteiger partial charge in [0.15, 0.2) is 0 Å². The molecule has 1 saturated heterocycles. The Morgan fingerprint density at radius 1 is 1.00 bits per heavy atom. The van der Waals surface area contributed by atoms with E-state index in [0.29, 0.717) is 12.1 Å².